The topological polar surface area (TPSA) is 18.5 Å². The summed E-state index contributed by atoms with van der Waals surface area (Å²) in [5, 5.41) is 0. The first-order valence-corrected chi connectivity index (χ1v) is 13.5. The molecule has 6 aliphatic rings. The molecule has 0 bridgehead atoms. The van der Waals surface area contributed by atoms with E-state index in [2.05, 4.69) is 36.5 Å². The Hall–Kier alpha value is 0.100. The molecule has 3 saturated carbocycles. The Morgan fingerprint density at radius 1 is 1.11 bits per heavy atom. The van der Waals surface area contributed by atoms with Crippen LogP contribution in [0.2, 0.25) is 0 Å². The number of hydrogen-bond donors (Lipinski definition) is 0. The van der Waals surface area contributed by atoms with Crippen LogP contribution in [-0.2, 0) is 9.47 Å². The van der Waals surface area contributed by atoms with Crippen LogP contribution in [0.3, 0.4) is 0 Å². The van der Waals surface area contributed by atoms with Crippen LogP contribution in [0.15, 0.2) is 23.8 Å². The van der Waals surface area contributed by atoms with Gasteiger partial charge >= 0.3 is 0 Å². The molecule has 5 atom stereocenters. The highest BCUT2D eigenvalue weighted by Gasteiger charge is 2.67. The minimum absolute atomic E-state index is 0.177. The molecule has 28 heavy (non-hydrogen) atoms. The molecule has 0 N–H and O–H groups in total. The van der Waals surface area contributed by atoms with Crippen LogP contribution in [0, 0.1) is 29.1 Å². The van der Waals surface area contributed by atoms with Gasteiger partial charge in [-0.15, -0.1) is 23.5 Å². The summed E-state index contributed by atoms with van der Waals surface area (Å²) < 4.78 is 13.2. The zero-order valence-electron chi connectivity index (χ0n) is 17.2. The van der Waals surface area contributed by atoms with E-state index in [1.165, 1.54) is 55.6 Å². The van der Waals surface area contributed by atoms with Gasteiger partial charge in [-0.25, -0.2) is 0 Å². The molecular formula is C24H34O2S2. The smallest absolute Gasteiger partial charge is 0.174 e. The lowest BCUT2D eigenvalue weighted by molar-refractivity contribution is -0.242. The minimum Gasteiger partial charge on any atom is -0.347 e. The molecule has 2 spiro atoms. The molecule has 2 aliphatic heterocycles. The van der Waals surface area contributed by atoms with Gasteiger partial charge in [0, 0.05) is 23.3 Å². The zero-order valence-corrected chi connectivity index (χ0v) is 18.8. The van der Waals surface area contributed by atoms with Gasteiger partial charge in [0.25, 0.3) is 0 Å². The first-order valence-electron chi connectivity index (χ1n) is 11.6. The maximum Gasteiger partial charge on any atom is 0.174 e. The summed E-state index contributed by atoms with van der Waals surface area (Å²) in [7, 11) is 0. The van der Waals surface area contributed by atoms with Crippen molar-refractivity contribution in [2.45, 2.75) is 68.2 Å². The SMILES string of the molecule is C=C1C[C@@]2(CC)C(CCC23OCCO3)C2CCC3=CC4(CCC3C12)SCCS4. The number of thioether (sulfide) groups is 2. The van der Waals surface area contributed by atoms with Gasteiger partial charge < -0.3 is 9.47 Å². The largest absolute Gasteiger partial charge is 0.347 e. The molecule has 2 saturated heterocycles. The van der Waals surface area contributed by atoms with E-state index >= 15 is 0 Å². The molecule has 154 valence electrons. The summed E-state index contributed by atoms with van der Waals surface area (Å²) in [6, 6.07) is 0. The van der Waals surface area contributed by atoms with E-state index in [-0.39, 0.29) is 11.2 Å². The van der Waals surface area contributed by atoms with E-state index in [1.807, 2.05) is 0 Å². The molecule has 4 unspecified atom stereocenters. The van der Waals surface area contributed by atoms with Gasteiger partial charge in [0.1, 0.15) is 0 Å². The molecule has 4 heteroatoms. The Balaban J connectivity index is 1.34. The summed E-state index contributed by atoms with van der Waals surface area (Å²) in [6.07, 6.45) is 12.9. The second-order valence-corrected chi connectivity index (χ2v) is 13.2. The molecule has 2 heterocycles. The van der Waals surface area contributed by atoms with E-state index in [0.29, 0.717) is 4.08 Å². The van der Waals surface area contributed by atoms with Crippen molar-refractivity contribution < 1.29 is 9.47 Å². The molecule has 0 aromatic rings. The van der Waals surface area contributed by atoms with Crippen molar-refractivity contribution in [3.8, 4) is 0 Å². The normalized spacial score (nSPS) is 45.8. The highest BCUT2D eigenvalue weighted by atomic mass is 32.2. The molecule has 4 aliphatic carbocycles. The fraction of sp³-hybridized carbons (Fsp3) is 0.833. The van der Waals surface area contributed by atoms with E-state index in [4.69, 9.17) is 16.1 Å². The maximum atomic E-state index is 6.38. The highest BCUT2D eigenvalue weighted by Crippen LogP contribution is 2.69. The average molecular weight is 419 g/mol. The van der Waals surface area contributed by atoms with Crippen LogP contribution >= 0.6 is 23.5 Å². The van der Waals surface area contributed by atoms with E-state index < -0.39 is 0 Å². The minimum atomic E-state index is -0.301. The van der Waals surface area contributed by atoms with Crippen LogP contribution in [-0.4, -0.2) is 34.6 Å². The zero-order chi connectivity index (χ0) is 19.0. The van der Waals surface area contributed by atoms with Gasteiger partial charge in [0.2, 0.25) is 0 Å². The quantitative estimate of drug-likeness (QED) is 0.483. The predicted molar refractivity (Wildman–Crippen MR) is 119 cm³/mol. The Morgan fingerprint density at radius 3 is 2.64 bits per heavy atom. The average Bonchev–Trinajstić information content (AvgIpc) is 3.43. The summed E-state index contributed by atoms with van der Waals surface area (Å²) in [4.78, 5) is 0. The fourth-order valence-electron chi connectivity index (χ4n) is 8.33. The van der Waals surface area contributed by atoms with Crippen LogP contribution in [0.4, 0.5) is 0 Å². The summed E-state index contributed by atoms with van der Waals surface area (Å²) in [5.74, 6) is 5.42. The summed E-state index contributed by atoms with van der Waals surface area (Å²) >= 11 is 4.43. The third-order valence-corrected chi connectivity index (χ3v) is 12.7. The van der Waals surface area contributed by atoms with Crippen molar-refractivity contribution in [3.63, 3.8) is 0 Å². The van der Waals surface area contributed by atoms with Crippen LogP contribution in [0.5, 0.6) is 0 Å². The van der Waals surface area contributed by atoms with Crippen LogP contribution in [0.25, 0.3) is 0 Å². The van der Waals surface area contributed by atoms with Crippen molar-refractivity contribution in [2.24, 2.45) is 29.1 Å². The van der Waals surface area contributed by atoms with Gasteiger partial charge in [-0.3, -0.25) is 0 Å². The van der Waals surface area contributed by atoms with Crippen molar-refractivity contribution >= 4 is 23.5 Å². The van der Waals surface area contributed by atoms with Crippen molar-refractivity contribution in [3.05, 3.63) is 23.8 Å². The van der Waals surface area contributed by atoms with Gasteiger partial charge in [-0.2, -0.15) is 0 Å². The van der Waals surface area contributed by atoms with Gasteiger partial charge in [-0.1, -0.05) is 30.7 Å². The second-order valence-electron chi connectivity index (χ2n) is 10.0. The van der Waals surface area contributed by atoms with Crippen LogP contribution in [0.1, 0.15) is 58.3 Å². The van der Waals surface area contributed by atoms with Crippen molar-refractivity contribution in [1.29, 1.82) is 0 Å². The molecule has 0 amide bonds. The molecular weight excluding hydrogens is 384 g/mol. The lowest BCUT2D eigenvalue weighted by atomic mass is 9.49. The standard InChI is InChI=1S/C24H34O2S2/c1-3-22-14-16(2)21-18-6-8-23(27-12-13-28-23)15-17(18)4-5-19(21)20(22)7-9-24(22)25-10-11-26-24/h15,18-21H,2-14H2,1H3/t18?,19?,20?,21?,22-/m0/s1. The second kappa shape index (κ2) is 6.55. The van der Waals surface area contributed by atoms with Gasteiger partial charge in [0.05, 0.1) is 17.3 Å². The van der Waals surface area contributed by atoms with Crippen molar-refractivity contribution in [1.82, 2.24) is 0 Å². The number of rotatable bonds is 1. The molecule has 0 aromatic heterocycles. The number of allylic oxidation sites excluding steroid dienone is 2. The lowest BCUT2D eigenvalue weighted by Crippen LogP contribution is -2.55. The van der Waals surface area contributed by atoms with Gasteiger partial charge in [-0.05, 0) is 68.6 Å². The third kappa shape index (κ3) is 2.38. The van der Waals surface area contributed by atoms with E-state index in [9.17, 15) is 0 Å². The van der Waals surface area contributed by atoms with Crippen molar-refractivity contribution in [2.75, 3.05) is 24.7 Å². The van der Waals surface area contributed by atoms with Gasteiger partial charge in [0.15, 0.2) is 5.79 Å². The molecule has 0 radical (unpaired) electrons. The highest BCUT2D eigenvalue weighted by molar-refractivity contribution is 8.21. The van der Waals surface area contributed by atoms with E-state index in [0.717, 1.165) is 49.7 Å². The third-order valence-electron chi connectivity index (χ3n) is 9.29. The Bertz CT molecular complexity index is 703. The molecule has 5 fully saturated rings. The lowest BCUT2D eigenvalue weighted by Gasteiger charge is -2.57. The Kier molecular flexibility index (Phi) is 4.40. The fourth-order valence-corrected chi connectivity index (χ4v) is 11.5. The number of hydrogen-bond acceptors (Lipinski definition) is 4. The monoisotopic (exact) mass is 418 g/mol. The Morgan fingerprint density at radius 2 is 1.89 bits per heavy atom. The summed E-state index contributed by atoms with van der Waals surface area (Å²) in [5.41, 5.74) is 3.50. The number of ether oxygens (including phenoxy) is 2. The Labute approximate surface area is 178 Å². The molecule has 6 rings (SSSR count). The molecule has 2 nitrogen and oxygen atoms in total. The number of fused-ring (bicyclic) bond motifs is 6. The first-order chi connectivity index (χ1) is 13.6. The van der Waals surface area contributed by atoms with Crippen LogP contribution < -0.4 is 0 Å². The predicted octanol–water partition coefficient (Wildman–Crippen LogP) is 6.03. The van der Waals surface area contributed by atoms with E-state index in [1.54, 1.807) is 5.57 Å². The molecule has 0 aromatic carbocycles. The summed E-state index contributed by atoms with van der Waals surface area (Å²) in [6.45, 7) is 8.68. The first kappa shape index (κ1) is 18.8. The maximum absolute atomic E-state index is 6.38.